The minimum absolute atomic E-state index is 0.399. The Morgan fingerprint density at radius 3 is 2.39 bits per heavy atom. The average molecular weight is 351 g/mol. The Bertz CT molecular complexity index is 587. The number of nitro groups is 1. The second-order valence-corrected chi connectivity index (χ2v) is 5.10. The third-order valence-corrected chi connectivity index (χ3v) is 3.03. The maximum Gasteiger partial charge on any atom is 0.534 e. The van der Waals surface area contributed by atoms with E-state index in [0.29, 0.717) is 6.20 Å². The quantitative estimate of drug-likeness (QED) is 0.357. The van der Waals surface area contributed by atoms with Crippen molar-refractivity contribution in [3.63, 3.8) is 0 Å². The van der Waals surface area contributed by atoms with E-state index in [2.05, 4.69) is 25.1 Å². The molecule has 0 N–H and O–H groups in total. The minimum Gasteiger partial charge on any atom is -0.367 e. The van der Waals surface area contributed by atoms with Crippen LogP contribution in [0.3, 0.4) is 0 Å². The van der Waals surface area contributed by atoms with Gasteiger partial charge < -0.3 is 4.18 Å². The average Bonchev–Trinajstić information content (AvgIpc) is 2.18. The summed E-state index contributed by atoms with van der Waals surface area (Å²) in [5.74, 6) is -1.09. The molecule has 0 fully saturated rings. The summed E-state index contributed by atoms with van der Waals surface area (Å²) >= 11 is 2.61. The van der Waals surface area contributed by atoms with E-state index >= 15 is 0 Å². The van der Waals surface area contributed by atoms with Crippen LogP contribution in [0.4, 0.5) is 18.9 Å². The van der Waals surface area contributed by atoms with E-state index in [1.807, 2.05) is 0 Å². The summed E-state index contributed by atoms with van der Waals surface area (Å²) in [4.78, 5) is 12.7. The Hall–Kier alpha value is -1.43. The van der Waals surface area contributed by atoms with Crippen molar-refractivity contribution in [3.05, 3.63) is 27.0 Å². The fraction of sp³-hybridized carbons (Fsp3) is 0.167. The Morgan fingerprint density at radius 2 is 1.94 bits per heavy atom. The predicted molar refractivity (Wildman–Crippen MR) is 54.2 cm³/mol. The molecule has 0 bridgehead atoms. The first-order valence-corrected chi connectivity index (χ1v) is 6.05. The summed E-state index contributed by atoms with van der Waals surface area (Å²) in [5, 5.41) is 10.5. The molecule has 0 saturated carbocycles. The molecule has 0 saturated heterocycles. The summed E-state index contributed by atoms with van der Waals surface area (Å²) < 4.78 is 61.0. The van der Waals surface area contributed by atoms with Crippen LogP contribution in [0.25, 0.3) is 0 Å². The third-order valence-electron chi connectivity index (χ3n) is 1.51. The maximum absolute atomic E-state index is 12.1. The molecular weight excluding hydrogens is 349 g/mol. The summed E-state index contributed by atoms with van der Waals surface area (Å²) in [7, 11) is -5.99. The van der Waals surface area contributed by atoms with Crippen LogP contribution in [-0.2, 0) is 10.1 Å². The molecular formula is C6H2BrF3N2O5S. The van der Waals surface area contributed by atoms with Crippen molar-refractivity contribution in [2.24, 2.45) is 0 Å². The summed E-state index contributed by atoms with van der Waals surface area (Å²) in [6.45, 7) is 0. The van der Waals surface area contributed by atoms with E-state index in [1.165, 1.54) is 0 Å². The van der Waals surface area contributed by atoms with Gasteiger partial charge in [0.15, 0.2) is 0 Å². The molecule has 0 amide bonds. The molecule has 0 atom stereocenters. The lowest BCUT2D eigenvalue weighted by Crippen LogP contribution is -2.28. The van der Waals surface area contributed by atoms with Gasteiger partial charge in [0.05, 0.1) is 9.40 Å². The first kappa shape index (κ1) is 14.6. The SMILES string of the molecule is O=[N+]([O-])c1cncc(Br)c1OS(=O)(=O)C(F)(F)F. The van der Waals surface area contributed by atoms with Crippen LogP contribution < -0.4 is 4.18 Å². The highest BCUT2D eigenvalue weighted by molar-refractivity contribution is 9.10. The lowest BCUT2D eigenvalue weighted by molar-refractivity contribution is -0.385. The molecule has 0 radical (unpaired) electrons. The van der Waals surface area contributed by atoms with Crippen LogP contribution in [0.15, 0.2) is 16.9 Å². The molecule has 1 aromatic heterocycles. The topological polar surface area (TPSA) is 99.4 Å². The van der Waals surface area contributed by atoms with Crippen LogP contribution in [0, 0.1) is 10.1 Å². The molecule has 0 aliphatic carbocycles. The Kier molecular flexibility index (Phi) is 3.81. The number of alkyl halides is 3. The number of nitrogens with zero attached hydrogens (tertiary/aromatic N) is 2. The molecule has 12 heteroatoms. The lowest BCUT2D eigenvalue weighted by atomic mass is 10.4. The van der Waals surface area contributed by atoms with Gasteiger partial charge in [0, 0.05) is 6.20 Å². The zero-order valence-electron chi connectivity index (χ0n) is 8.01. The van der Waals surface area contributed by atoms with Gasteiger partial charge in [-0.05, 0) is 15.9 Å². The largest absolute Gasteiger partial charge is 0.534 e. The van der Waals surface area contributed by atoms with Crippen molar-refractivity contribution in [1.82, 2.24) is 4.98 Å². The normalized spacial score (nSPS) is 12.2. The molecule has 1 heterocycles. The standard InChI is InChI=1S/C6H2BrF3N2O5S/c7-3-1-11-2-4(12(13)14)5(3)17-18(15,16)6(8,9)10/h1-2H. The summed E-state index contributed by atoms with van der Waals surface area (Å²) in [6, 6.07) is 0. The van der Waals surface area contributed by atoms with Gasteiger partial charge in [-0.3, -0.25) is 15.1 Å². The third kappa shape index (κ3) is 2.87. The van der Waals surface area contributed by atoms with Crippen molar-refractivity contribution in [2.45, 2.75) is 5.51 Å². The van der Waals surface area contributed by atoms with E-state index < -0.39 is 36.5 Å². The first-order chi connectivity index (χ1) is 8.06. The predicted octanol–water partition coefficient (Wildman–Crippen LogP) is 1.98. The van der Waals surface area contributed by atoms with Crippen LogP contribution in [-0.4, -0.2) is 23.8 Å². The zero-order chi connectivity index (χ0) is 14.1. The second kappa shape index (κ2) is 4.68. The molecule has 0 spiro atoms. The van der Waals surface area contributed by atoms with E-state index in [4.69, 9.17) is 0 Å². The minimum atomic E-state index is -5.99. The molecule has 100 valence electrons. The number of rotatable bonds is 3. The summed E-state index contributed by atoms with van der Waals surface area (Å²) in [6.07, 6.45) is 1.42. The molecule has 7 nitrogen and oxygen atoms in total. The first-order valence-electron chi connectivity index (χ1n) is 3.85. The van der Waals surface area contributed by atoms with Gasteiger partial charge in [-0.2, -0.15) is 21.6 Å². The number of hydrogen-bond acceptors (Lipinski definition) is 6. The molecule has 0 aromatic carbocycles. The van der Waals surface area contributed by atoms with Crippen LogP contribution in [0.5, 0.6) is 5.75 Å². The van der Waals surface area contributed by atoms with E-state index in [-0.39, 0.29) is 0 Å². The van der Waals surface area contributed by atoms with Crippen LogP contribution in [0.1, 0.15) is 0 Å². The van der Waals surface area contributed by atoms with Crippen LogP contribution in [0.2, 0.25) is 0 Å². The van der Waals surface area contributed by atoms with Gasteiger partial charge in [-0.15, -0.1) is 0 Å². The molecule has 1 aromatic rings. The lowest BCUT2D eigenvalue weighted by Gasteiger charge is -2.10. The smallest absolute Gasteiger partial charge is 0.367 e. The Balaban J connectivity index is 3.33. The Labute approximate surface area is 106 Å². The monoisotopic (exact) mass is 350 g/mol. The maximum atomic E-state index is 12.1. The highest BCUT2D eigenvalue weighted by atomic mass is 79.9. The summed E-state index contributed by atoms with van der Waals surface area (Å²) in [5.41, 5.74) is -6.71. The van der Waals surface area contributed by atoms with Crippen LogP contribution >= 0.6 is 15.9 Å². The number of hydrogen-bond donors (Lipinski definition) is 0. The number of aromatic nitrogens is 1. The van der Waals surface area contributed by atoms with Gasteiger partial charge in [-0.25, -0.2) is 0 Å². The van der Waals surface area contributed by atoms with Crippen molar-refractivity contribution >= 4 is 31.7 Å². The van der Waals surface area contributed by atoms with Crippen molar-refractivity contribution in [3.8, 4) is 5.75 Å². The van der Waals surface area contributed by atoms with Gasteiger partial charge in [0.25, 0.3) is 0 Å². The van der Waals surface area contributed by atoms with E-state index in [9.17, 15) is 31.7 Å². The molecule has 0 unspecified atom stereocenters. The second-order valence-electron chi connectivity index (χ2n) is 2.71. The van der Waals surface area contributed by atoms with Crippen molar-refractivity contribution < 1.29 is 30.7 Å². The van der Waals surface area contributed by atoms with Gasteiger partial charge in [0.1, 0.15) is 6.20 Å². The number of pyridine rings is 1. The molecule has 0 aliphatic rings. The van der Waals surface area contributed by atoms with Crippen molar-refractivity contribution in [2.75, 3.05) is 0 Å². The number of halogens is 4. The van der Waals surface area contributed by atoms with Gasteiger partial charge >= 0.3 is 21.3 Å². The Morgan fingerprint density at radius 1 is 1.39 bits per heavy atom. The molecule has 0 aliphatic heterocycles. The van der Waals surface area contributed by atoms with Gasteiger partial charge in [0.2, 0.25) is 5.75 Å². The van der Waals surface area contributed by atoms with Gasteiger partial charge in [-0.1, -0.05) is 0 Å². The highest BCUT2D eigenvalue weighted by Crippen LogP contribution is 2.37. The van der Waals surface area contributed by atoms with Crippen molar-refractivity contribution in [1.29, 1.82) is 0 Å². The fourth-order valence-electron chi connectivity index (χ4n) is 0.782. The molecule has 18 heavy (non-hydrogen) atoms. The highest BCUT2D eigenvalue weighted by Gasteiger charge is 2.49. The fourth-order valence-corrected chi connectivity index (χ4v) is 1.78. The molecule has 1 rings (SSSR count). The van der Waals surface area contributed by atoms with E-state index in [1.54, 1.807) is 0 Å². The van der Waals surface area contributed by atoms with E-state index in [0.717, 1.165) is 6.20 Å². The zero-order valence-corrected chi connectivity index (χ0v) is 10.4.